The summed E-state index contributed by atoms with van der Waals surface area (Å²) in [4.78, 5) is 13.4. The molecule has 1 unspecified atom stereocenters. The van der Waals surface area contributed by atoms with Gasteiger partial charge in [0.15, 0.2) is 0 Å². The number of aliphatic hydroxyl groups is 1. The van der Waals surface area contributed by atoms with E-state index in [0.29, 0.717) is 17.1 Å². The SMILES string of the molecule is Cc1nn(C)c(C(=O)N(C)CC(C)O)c1N. The van der Waals surface area contributed by atoms with Crippen molar-refractivity contribution in [1.82, 2.24) is 14.7 Å². The lowest BCUT2D eigenvalue weighted by Crippen LogP contribution is -2.34. The van der Waals surface area contributed by atoms with E-state index >= 15 is 0 Å². The highest BCUT2D eigenvalue weighted by atomic mass is 16.3. The van der Waals surface area contributed by atoms with Gasteiger partial charge in [-0.25, -0.2) is 0 Å². The van der Waals surface area contributed by atoms with Crippen LogP contribution in [0, 0.1) is 6.92 Å². The molecule has 0 aromatic carbocycles. The van der Waals surface area contributed by atoms with E-state index in [1.807, 2.05) is 0 Å². The Bertz CT molecular complexity index is 398. The smallest absolute Gasteiger partial charge is 0.274 e. The van der Waals surface area contributed by atoms with Crippen LogP contribution >= 0.6 is 0 Å². The fraction of sp³-hybridized carbons (Fsp3) is 0.600. The summed E-state index contributed by atoms with van der Waals surface area (Å²) in [5.41, 5.74) is 7.17. The molecule has 1 atom stereocenters. The molecule has 0 spiro atoms. The molecule has 6 heteroatoms. The predicted molar refractivity (Wildman–Crippen MR) is 61.0 cm³/mol. The van der Waals surface area contributed by atoms with E-state index < -0.39 is 6.10 Å². The molecule has 90 valence electrons. The number of amides is 1. The number of hydrogen-bond acceptors (Lipinski definition) is 4. The number of aliphatic hydroxyl groups excluding tert-OH is 1. The lowest BCUT2D eigenvalue weighted by molar-refractivity contribution is 0.0694. The van der Waals surface area contributed by atoms with Crippen LogP contribution in [0.1, 0.15) is 23.1 Å². The molecule has 6 nitrogen and oxygen atoms in total. The molecule has 1 aromatic heterocycles. The monoisotopic (exact) mass is 226 g/mol. The Morgan fingerprint density at radius 1 is 1.69 bits per heavy atom. The van der Waals surface area contributed by atoms with Gasteiger partial charge in [-0.05, 0) is 13.8 Å². The van der Waals surface area contributed by atoms with Gasteiger partial charge < -0.3 is 15.7 Å². The van der Waals surface area contributed by atoms with Crippen molar-refractivity contribution in [2.75, 3.05) is 19.3 Å². The number of aryl methyl sites for hydroxylation is 2. The molecule has 0 saturated heterocycles. The van der Waals surface area contributed by atoms with Gasteiger partial charge >= 0.3 is 0 Å². The quantitative estimate of drug-likeness (QED) is 0.745. The number of likely N-dealkylation sites (N-methyl/N-ethyl adjacent to an activating group) is 1. The normalized spacial score (nSPS) is 12.6. The summed E-state index contributed by atoms with van der Waals surface area (Å²) in [6.45, 7) is 3.64. The van der Waals surface area contributed by atoms with Gasteiger partial charge in [0.05, 0.1) is 17.5 Å². The number of nitrogens with zero attached hydrogens (tertiary/aromatic N) is 3. The average Bonchev–Trinajstić information content (AvgIpc) is 2.39. The standard InChI is InChI=1S/C10H18N4O2/c1-6(15)5-13(3)10(16)9-8(11)7(2)12-14(9)4/h6,15H,5,11H2,1-4H3. The number of carbonyl (C=O) groups excluding carboxylic acids is 1. The zero-order valence-corrected chi connectivity index (χ0v) is 10.1. The lowest BCUT2D eigenvalue weighted by Gasteiger charge is -2.18. The highest BCUT2D eigenvalue weighted by molar-refractivity contribution is 5.97. The first-order valence-corrected chi connectivity index (χ1v) is 5.07. The van der Waals surface area contributed by atoms with Crippen molar-refractivity contribution < 1.29 is 9.90 Å². The van der Waals surface area contributed by atoms with E-state index in [1.54, 1.807) is 27.9 Å². The van der Waals surface area contributed by atoms with Gasteiger partial charge in [-0.15, -0.1) is 0 Å². The highest BCUT2D eigenvalue weighted by Crippen LogP contribution is 2.16. The van der Waals surface area contributed by atoms with E-state index in [0.717, 1.165) is 0 Å². The van der Waals surface area contributed by atoms with Crippen LogP contribution in [0.15, 0.2) is 0 Å². The van der Waals surface area contributed by atoms with Gasteiger partial charge in [0.1, 0.15) is 5.69 Å². The third kappa shape index (κ3) is 2.33. The van der Waals surface area contributed by atoms with Crippen LogP contribution in [-0.2, 0) is 7.05 Å². The predicted octanol–water partition coefficient (Wildman–Crippen LogP) is -0.236. The molecule has 1 rings (SSSR count). The third-order valence-corrected chi connectivity index (χ3v) is 2.36. The lowest BCUT2D eigenvalue weighted by atomic mass is 10.2. The summed E-state index contributed by atoms with van der Waals surface area (Å²) in [5, 5.41) is 13.3. The minimum atomic E-state index is -0.565. The molecule has 0 aliphatic heterocycles. The number of anilines is 1. The van der Waals surface area contributed by atoms with E-state index in [4.69, 9.17) is 5.73 Å². The summed E-state index contributed by atoms with van der Waals surface area (Å²) in [5.74, 6) is -0.235. The Kier molecular flexibility index (Phi) is 3.54. The molecule has 3 N–H and O–H groups in total. The Hall–Kier alpha value is -1.56. The second kappa shape index (κ2) is 4.52. The van der Waals surface area contributed by atoms with Crippen molar-refractivity contribution >= 4 is 11.6 Å². The Morgan fingerprint density at radius 3 is 2.62 bits per heavy atom. The van der Waals surface area contributed by atoms with Crippen molar-refractivity contribution in [2.45, 2.75) is 20.0 Å². The number of nitrogen functional groups attached to an aromatic ring is 1. The largest absolute Gasteiger partial charge is 0.395 e. The zero-order chi connectivity index (χ0) is 12.5. The van der Waals surface area contributed by atoms with Crippen LogP contribution in [0.4, 0.5) is 5.69 Å². The third-order valence-electron chi connectivity index (χ3n) is 2.36. The van der Waals surface area contributed by atoms with Crippen molar-refractivity contribution in [2.24, 2.45) is 7.05 Å². The topological polar surface area (TPSA) is 84.4 Å². The molecule has 0 fully saturated rings. The maximum Gasteiger partial charge on any atom is 0.274 e. The second-order valence-electron chi connectivity index (χ2n) is 4.01. The fourth-order valence-electron chi connectivity index (χ4n) is 1.59. The van der Waals surface area contributed by atoms with E-state index in [2.05, 4.69) is 5.10 Å². The van der Waals surface area contributed by atoms with E-state index in [9.17, 15) is 9.90 Å². The zero-order valence-electron chi connectivity index (χ0n) is 10.1. The number of carbonyl (C=O) groups is 1. The summed E-state index contributed by atoms with van der Waals surface area (Å²) < 4.78 is 1.46. The van der Waals surface area contributed by atoms with Gasteiger partial charge in [0.25, 0.3) is 5.91 Å². The number of aromatic nitrogens is 2. The van der Waals surface area contributed by atoms with Crippen LogP contribution in [0.5, 0.6) is 0 Å². The minimum absolute atomic E-state index is 0.235. The summed E-state index contributed by atoms with van der Waals surface area (Å²) in [7, 11) is 3.30. The van der Waals surface area contributed by atoms with Crippen molar-refractivity contribution in [1.29, 1.82) is 0 Å². The Balaban J connectivity index is 2.96. The van der Waals surface area contributed by atoms with Crippen LogP contribution in [0.3, 0.4) is 0 Å². The average molecular weight is 226 g/mol. The molecular formula is C10H18N4O2. The van der Waals surface area contributed by atoms with Gasteiger partial charge in [-0.1, -0.05) is 0 Å². The Morgan fingerprint density at radius 2 is 2.25 bits per heavy atom. The highest BCUT2D eigenvalue weighted by Gasteiger charge is 2.21. The number of nitrogens with two attached hydrogens (primary N) is 1. The van der Waals surface area contributed by atoms with E-state index in [-0.39, 0.29) is 12.5 Å². The molecule has 0 aliphatic carbocycles. The first-order chi connectivity index (χ1) is 7.34. The summed E-state index contributed by atoms with van der Waals surface area (Å²) >= 11 is 0. The van der Waals surface area contributed by atoms with Crippen molar-refractivity contribution in [3.05, 3.63) is 11.4 Å². The van der Waals surface area contributed by atoms with Crippen molar-refractivity contribution in [3.8, 4) is 0 Å². The molecular weight excluding hydrogens is 208 g/mol. The maximum absolute atomic E-state index is 12.0. The molecule has 0 saturated carbocycles. The molecule has 0 radical (unpaired) electrons. The number of hydrogen-bond donors (Lipinski definition) is 2. The van der Waals surface area contributed by atoms with Crippen LogP contribution in [0.25, 0.3) is 0 Å². The summed E-state index contributed by atoms with van der Waals surface area (Å²) in [6.07, 6.45) is -0.565. The van der Waals surface area contributed by atoms with Gasteiger partial charge in [0.2, 0.25) is 0 Å². The van der Waals surface area contributed by atoms with Crippen LogP contribution in [0.2, 0.25) is 0 Å². The van der Waals surface area contributed by atoms with Crippen molar-refractivity contribution in [3.63, 3.8) is 0 Å². The minimum Gasteiger partial charge on any atom is -0.395 e. The molecule has 0 aliphatic rings. The maximum atomic E-state index is 12.0. The molecule has 16 heavy (non-hydrogen) atoms. The van der Waals surface area contributed by atoms with Gasteiger partial charge in [0, 0.05) is 20.6 Å². The number of rotatable bonds is 3. The molecule has 1 amide bonds. The first-order valence-electron chi connectivity index (χ1n) is 5.07. The van der Waals surface area contributed by atoms with Crippen LogP contribution < -0.4 is 5.73 Å². The second-order valence-corrected chi connectivity index (χ2v) is 4.01. The molecule has 1 aromatic rings. The summed E-state index contributed by atoms with van der Waals surface area (Å²) in [6, 6.07) is 0. The Labute approximate surface area is 94.6 Å². The van der Waals surface area contributed by atoms with Crippen LogP contribution in [-0.4, -0.2) is 45.4 Å². The first kappa shape index (κ1) is 12.5. The van der Waals surface area contributed by atoms with E-state index in [1.165, 1.54) is 9.58 Å². The van der Waals surface area contributed by atoms with Gasteiger partial charge in [-0.3, -0.25) is 9.48 Å². The molecule has 1 heterocycles. The molecule has 0 bridgehead atoms. The fourth-order valence-corrected chi connectivity index (χ4v) is 1.59. The van der Waals surface area contributed by atoms with Gasteiger partial charge in [-0.2, -0.15) is 5.10 Å².